The largest absolute Gasteiger partial charge is 0.375 e. The van der Waals surface area contributed by atoms with Gasteiger partial charge in [0, 0.05) is 19.3 Å². The molecule has 0 amide bonds. The van der Waals surface area contributed by atoms with Crippen LogP contribution in [-0.4, -0.2) is 40.8 Å². The molecule has 3 rings (SSSR count). The summed E-state index contributed by atoms with van der Waals surface area (Å²) in [5.74, 6) is 0.993. The predicted octanol–water partition coefficient (Wildman–Crippen LogP) is 3.75. The van der Waals surface area contributed by atoms with E-state index in [2.05, 4.69) is 29.1 Å². The summed E-state index contributed by atoms with van der Waals surface area (Å²) in [7, 11) is 0. The van der Waals surface area contributed by atoms with Gasteiger partial charge in [0.25, 0.3) is 0 Å². The molecule has 2 heterocycles. The van der Waals surface area contributed by atoms with Crippen LogP contribution in [0.15, 0.2) is 30.5 Å². The van der Waals surface area contributed by atoms with E-state index in [9.17, 15) is 0 Å². The third-order valence-electron chi connectivity index (χ3n) is 4.44. The first kappa shape index (κ1) is 16.5. The molecule has 1 aliphatic rings. The van der Waals surface area contributed by atoms with Gasteiger partial charge >= 0.3 is 0 Å². The maximum absolute atomic E-state index is 5.79. The molecule has 4 heteroatoms. The molecule has 0 N–H and O–H groups in total. The number of rotatable bonds is 11. The van der Waals surface area contributed by atoms with Gasteiger partial charge in [-0.1, -0.05) is 13.0 Å². The molecule has 0 aliphatic heterocycles. The van der Waals surface area contributed by atoms with E-state index in [4.69, 9.17) is 4.74 Å². The Morgan fingerprint density at radius 1 is 1.26 bits per heavy atom. The van der Waals surface area contributed by atoms with Gasteiger partial charge in [0.1, 0.15) is 0 Å². The van der Waals surface area contributed by atoms with E-state index in [0.717, 1.165) is 30.2 Å². The molecule has 0 atom stereocenters. The van der Waals surface area contributed by atoms with E-state index in [1.54, 1.807) is 0 Å². The highest BCUT2D eigenvalue weighted by molar-refractivity contribution is 5.46. The fourth-order valence-corrected chi connectivity index (χ4v) is 3.05. The predicted molar refractivity (Wildman–Crippen MR) is 93.5 cm³/mol. The van der Waals surface area contributed by atoms with Gasteiger partial charge in [-0.3, -0.25) is 0 Å². The lowest BCUT2D eigenvalue weighted by molar-refractivity contribution is 0.111. The van der Waals surface area contributed by atoms with Gasteiger partial charge in [-0.15, -0.1) is 0 Å². The number of pyridine rings is 1. The summed E-state index contributed by atoms with van der Waals surface area (Å²) in [6.07, 6.45) is 8.50. The van der Waals surface area contributed by atoms with Gasteiger partial charge in [0.2, 0.25) is 0 Å². The van der Waals surface area contributed by atoms with Crippen molar-refractivity contribution in [3.05, 3.63) is 36.2 Å². The van der Waals surface area contributed by atoms with Crippen molar-refractivity contribution in [3.63, 3.8) is 0 Å². The molecule has 0 saturated heterocycles. The second kappa shape index (κ2) is 8.46. The van der Waals surface area contributed by atoms with Crippen molar-refractivity contribution in [1.82, 2.24) is 14.5 Å². The third-order valence-corrected chi connectivity index (χ3v) is 4.44. The number of aromatic nitrogens is 2. The van der Waals surface area contributed by atoms with Gasteiger partial charge in [-0.05, 0) is 69.3 Å². The Hall–Kier alpha value is -1.39. The van der Waals surface area contributed by atoms with E-state index in [-0.39, 0.29) is 0 Å². The van der Waals surface area contributed by atoms with Crippen LogP contribution in [0, 0.1) is 5.92 Å². The zero-order chi connectivity index (χ0) is 15.9. The highest BCUT2D eigenvalue weighted by Crippen LogP contribution is 2.29. The zero-order valence-corrected chi connectivity index (χ0v) is 14.3. The van der Waals surface area contributed by atoms with Crippen LogP contribution in [0.3, 0.4) is 0 Å². The van der Waals surface area contributed by atoms with Gasteiger partial charge in [0.15, 0.2) is 0 Å². The molecule has 23 heavy (non-hydrogen) atoms. The van der Waals surface area contributed by atoms with Gasteiger partial charge in [-0.25, -0.2) is 4.52 Å². The first-order valence-corrected chi connectivity index (χ1v) is 9.08. The van der Waals surface area contributed by atoms with Crippen LogP contribution in [0.25, 0.3) is 5.52 Å². The van der Waals surface area contributed by atoms with Crippen molar-refractivity contribution < 1.29 is 4.74 Å². The van der Waals surface area contributed by atoms with Crippen LogP contribution in [0.2, 0.25) is 0 Å². The second-order valence-electron chi connectivity index (χ2n) is 6.71. The Labute approximate surface area is 139 Å². The SMILES string of the molecule is CCCN(CCCCOCc1cc2ccccn2n1)CC1CC1. The number of fused-ring (bicyclic) bond motifs is 1. The lowest BCUT2D eigenvalue weighted by Crippen LogP contribution is -2.28. The van der Waals surface area contributed by atoms with E-state index in [1.807, 2.05) is 22.8 Å². The molecule has 0 bridgehead atoms. The summed E-state index contributed by atoms with van der Waals surface area (Å²) in [6.45, 7) is 7.51. The van der Waals surface area contributed by atoms with Crippen molar-refractivity contribution in [2.45, 2.75) is 45.6 Å². The smallest absolute Gasteiger partial charge is 0.0906 e. The molecular weight excluding hydrogens is 286 g/mol. The standard InChI is InChI=1S/C19H29N3O/c1-2-10-21(15-17-8-9-17)11-5-6-13-23-16-18-14-19-7-3-4-12-22(19)20-18/h3-4,7,12,14,17H,2,5-6,8-11,13,15-16H2,1H3. The lowest BCUT2D eigenvalue weighted by Gasteiger charge is -2.21. The highest BCUT2D eigenvalue weighted by Gasteiger charge is 2.23. The number of nitrogens with zero attached hydrogens (tertiary/aromatic N) is 3. The average Bonchev–Trinajstić information content (AvgIpc) is 3.27. The van der Waals surface area contributed by atoms with Crippen molar-refractivity contribution in [2.75, 3.05) is 26.2 Å². The Kier molecular flexibility index (Phi) is 6.06. The lowest BCUT2D eigenvalue weighted by atomic mass is 10.2. The van der Waals surface area contributed by atoms with E-state index in [0.29, 0.717) is 6.61 Å². The summed E-state index contributed by atoms with van der Waals surface area (Å²) in [6, 6.07) is 8.19. The summed E-state index contributed by atoms with van der Waals surface area (Å²) in [4.78, 5) is 2.64. The van der Waals surface area contributed by atoms with Crippen molar-refractivity contribution >= 4 is 5.52 Å². The molecule has 2 aromatic heterocycles. The van der Waals surface area contributed by atoms with Gasteiger partial charge < -0.3 is 9.64 Å². The Balaban J connectivity index is 1.30. The minimum absolute atomic E-state index is 0.614. The monoisotopic (exact) mass is 315 g/mol. The summed E-state index contributed by atoms with van der Waals surface area (Å²) in [5.41, 5.74) is 2.14. The second-order valence-corrected chi connectivity index (χ2v) is 6.71. The quantitative estimate of drug-likeness (QED) is 0.592. The number of hydrogen-bond acceptors (Lipinski definition) is 3. The minimum Gasteiger partial charge on any atom is -0.375 e. The Morgan fingerprint density at radius 3 is 2.96 bits per heavy atom. The number of ether oxygens (including phenoxy) is 1. The van der Waals surface area contributed by atoms with Crippen LogP contribution in [-0.2, 0) is 11.3 Å². The minimum atomic E-state index is 0.614. The molecular formula is C19H29N3O. The van der Waals surface area contributed by atoms with Crippen molar-refractivity contribution in [3.8, 4) is 0 Å². The zero-order valence-electron chi connectivity index (χ0n) is 14.3. The maximum atomic E-state index is 5.79. The molecule has 126 valence electrons. The number of hydrogen-bond donors (Lipinski definition) is 0. The molecule has 0 spiro atoms. The molecule has 4 nitrogen and oxygen atoms in total. The van der Waals surface area contributed by atoms with Crippen LogP contribution < -0.4 is 0 Å². The van der Waals surface area contributed by atoms with Crippen LogP contribution in [0.5, 0.6) is 0 Å². The van der Waals surface area contributed by atoms with E-state index < -0.39 is 0 Å². The van der Waals surface area contributed by atoms with Crippen LogP contribution >= 0.6 is 0 Å². The van der Waals surface area contributed by atoms with Gasteiger partial charge in [-0.2, -0.15) is 5.10 Å². The van der Waals surface area contributed by atoms with Crippen molar-refractivity contribution in [2.24, 2.45) is 5.92 Å². The third kappa shape index (κ3) is 5.33. The number of unbranched alkanes of at least 4 members (excludes halogenated alkanes) is 1. The molecule has 1 saturated carbocycles. The summed E-state index contributed by atoms with van der Waals surface area (Å²) < 4.78 is 7.69. The average molecular weight is 315 g/mol. The fourth-order valence-electron chi connectivity index (χ4n) is 3.05. The normalized spacial score (nSPS) is 14.9. The molecule has 1 fully saturated rings. The fraction of sp³-hybridized carbons (Fsp3) is 0.632. The molecule has 0 unspecified atom stereocenters. The van der Waals surface area contributed by atoms with Crippen LogP contribution in [0.4, 0.5) is 0 Å². The van der Waals surface area contributed by atoms with Crippen molar-refractivity contribution in [1.29, 1.82) is 0 Å². The summed E-state index contributed by atoms with van der Waals surface area (Å²) in [5, 5.41) is 4.51. The molecule has 0 radical (unpaired) electrons. The van der Waals surface area contributed by atoms with E-state index in [1.165, 1.54) is 45.3 Å². The molecule has 0 aromatic carbocycles. The topological polar surface area (TPSA) is 29.8 Å². The first-order valence-electron chi connectivity index (χ1n) is 9.08. The van der Waals surface area contributed by atoms with E-state index >= 15 is 0 Å². The highest BCUT2D eigenvalue weighted by atomic mass is 16.5. The van der Waals surface area contributed by atoms with Gasteiger partial charge in [0.05, 0.1) is 17.8 Å². The Bertz CT molecular complexity index is 558. The maximum Gasteiger partial charge on any atom is 0.0906 e. The van der Waals surface area contributed by atoms with Crippen LogP contribution in [0.1, 0.15) is 44.7 Å². The molecule has 2 aromatic rings. The summed E-state index contributed by atoms with van der Waals surface area (Å²) >= 11 is 0. The first-order chi connectivity index (χ1) is 11.3. The molecule has 1 aliphatic carbocycles. The Morgan fingerprint density at radius 2 is 2.17 bits per heavy atom.